The average molecular weight is 946 g/mol. The molecular weight excluding hydrogens is 897 g/mol. The molecular formula is C55H44IrN2O-2. The van der Waals surface area contributed by atoms with Gasteiger partial charge in [-0.3, -0.25) is 0 Å². The molecule has 3 aromatic heterocycles. The SMILES string of the molecule is [2H]C(C)(C)c1cc2c(ccc3ccccc32)c(C([2H])(C)C)c1-c1ccnc(-c2[c-]ccc3c2oc2c(-c4ccccc4)cccc23)c1.[2H]C([2H])([2H])c1c[c-]c(-c2ccccn2)cc1.[Ir]. The van der Waals surface area contributed by atoms with Gasteiger partial charge in [0.1, 0.15) is 5.58 Å². The Morgan fingerprint density at radius 2 is 1.37 bits per heavy atom. The van der Waals surface area contributed by atoms with E-state index >= 15 is 0 Å². The summed E-state index contributed by atoms with van der Waals surface area (Å²) in [5.41, 5.74) is 10.7. The van der Waals surface area contributed by atoms with E-state index in [0.29, 0.717) is 5.56 Å². The molecule has 10 rings (SSSR count). The molecule has 10 aromatic rings. The number of para-hydroxylation sites is 1. The molecule has 0 N–H and O–H groups in total. The van der Waals surface area contributed by atoms with Crippen molar-refractivity contribution in [2.24, 2.45) is 0 Å². The van der Waals surface area contributed by atoms with Crippen LogP contribution in [0.15, 0.2) is 168 Å². The van der Waals surface area contributed by atoms with Crippen LogP contribution in [0.5, 0.6) is 0 Å². The van der Waals surface area contributed by atoms with E-state index in [2.05, 4.69) is 96.0 Å². The summed E-state index contributed by atoms with van der Waals surface area (Å²) < 4.78 is 47.2. The Balaban J connectivity index is 0.000000279. The zero-order valence-electron chi connectivity index (χ0n) is 38.2. The number of rotatable bonds is 6. The predicted molar refractivity (Wildman–Crippen MR) is 243 cm³/mol. The molecule has 1 radical (unpaired) electrons. The number of aryl methyl sites for hydroxylation is 1. The van der Waals surface area contributed by atoms with Gasteiger partial charge in [-0.1, -0.05) is 149 Å². The van der Waals surface area contributed by atoms with Crippen molar-refractivity contribution >= 4 is 43.5 Å². The van der Waals surface area contributed by atoms with E-state index in [1.54, 1.807) is 18.3 Å². The minimum Gasteiger partial charge on any atom is -0.500 e. The van der Waals surface area contributed by atoms with Gasteiger partial charge in [0.15, 0.2) is 0 Å². The second-order valence-corrected chi connectivity index (χ2v) is 14.9. The Hall–Kier alpha value is -6.19. The van der Waals surface area contributed by atoms with Crippen LogP contribution in [-0.4, -0.2) is 9.97 Å². The maximum atomic E-state index is 9.43. The van der Waals surface area contributed by atoms with E-state index in [1.165, 1.54) is 6.07 Å². The molecule has 59 heavy (non-hydrogen) atoms. The topological polar surface area (TPSA) is 38.9 Å². The Morgan fingerprint density at radius 3 is 2.14 bits per heavy atom. The van der Waals surface area contributed by atoms with Crippen LogP contribution >= 0.6 is 0 Å². The van der Waals surface area contributed by atoms with Crippen molar-refractivity contribution in [2.75, 3.05) is 0 Å². The third-order valence-corrected chi connectivity index (χ3v) is 10.7. The summed E-state index contributed by atoms with van der Waals surface area (Å²) in [6.45, 7) is 5.67. The third kappa shape index (κ3) is 7.63. The quantitative estimate of drug-likeness (QED) is 0.123. The largest absolute Gasteiger partial charge is 0.500 e. The Kier molecular flexibility index (Phi) is 9.70. The Bertz CT molecular complexity index is 3280. The van der Waals surface area contributed by atoms with Crippen LogP contribution < -0.4 is 0 Å². The van der Waals surface area contributed by atoms with E-state index in [0.717, 1.165) is 99.4 Å². The van der Waals surface area contributed by atoms with Gasteiger partial charge in [0.2, 0.25) is 0 Å². The molecule has 0 saturated heterocycles. The molecule has 7 aromatic carbocycles. The first-order chi connectivity index (χ1) is 30.2. The third-order valence-electron chi connectivity index (χ3n) is 10.7. The molecule has 3 nitrogen and oxygen atoms in total. The van der Waals surface area contributed by atoms with Crippen molar-refractivity contribution in [1.82, 2.24) is 9.97 Å². The fraction of sp³-hybridized carbons (Fsp3) is 0.127. The second-order valence-electron chi connectivity index (χ2n) is 14.9. The maximum absolute atomic E-state index is 9.43. The van der Waals surface area contributed by atoms with Gasteiger partial charge in [-0.05, 0) is 90.7 Å². The summed E-state index contributed by atoms with van der Waals surface area (Å²) in [4.78, 5) is 9.01. The van der Waals surface area contributed by atoms with E-state index in [9.17, 15) is 2.74 Å². The number of hydrogen-bond acceptors (Lipinski definition) is 3. The summed E-state index contributed by atoms with van der Waals surface area (Å²) in [7, 11) is 0. The molecule has 0 spiro atoms. The van der Waals surface area contributed by atoms with E-state index in [1.807, 2.05) is 88.5 Å². The zero-order chi connectivity index (χ0) is 44.1. The summed E-state index contributed by atoms with van der Waals surface area (Å²) in [6.07, 6.45) is 3.52. The standard InChI is InChI=1S/C43H34NO.C12H10N.Ir/c1-26(2)37-25-38-31-15-9-8-14-29(31)20-21-33(38)40(27(3)4)41(37)30-22-23-44-39(24-30)36-19-11-18-35-34-17-10-16-32(42(34)45-43(35)36)28-12-6-5-7-13-28;1-10-5-7-11(8-6-10)12-4-2-3-9-13-12;/h5-18,20-27H,1-4H3;2-7,9H,1H3;/q2*-1;/i26D,27D;1D3;. The molecule has 0 aliphatic heterocycles. The Labute approximate surface area is 367 Å². The molecule has 0 unspecified atom stereocenters. The maximum Gasteiger partial charge on any atom is 0.128 e. The molecule has 0 atom stereocenters. The van der Waals surface area contributed by atoms with E-state index in [-0.39, 0.29) is 20.1 Å². The fourth-order valence-electron chi connectivity index (χ4n) is 8.00. The number of nitrogens with zero attached hydrogens (tertiary/aromatic N) is 2. The number of hydrogen-bond donors (Lipinski definition) is 0. The van der Waals surface area contributed by atoms with Crippen molar-refractivity contribution in [1.29, 1.82) is 0 Å². The van der Waals surface area contributed by atoms with Crippen LogP contribution in [0.4, 0.5) is 0 Å². The van der Waals surface area contributed by atoms with Gasteiger partial charge in [-0.2, -0.15) is 0 Å². The molecule has 291 valence electrons. The first-order valence-corrected chi connectivity index (χ1v) is 19.5. The number of pyridine rings is 2. The van der Waals surface area contributed by atoms with Crippen LogP contribution in [0.2, 0.25) is 0 Å². The van der Waals surface area contributed by atoms with Crippen molar-refractivity contribution in [3.05, 3.63) is 193 Å². The summed E-state index contributed by atoms with van der Waals surface area (Å²) in [5.74, 6) is -1.87. The van der Waals surface area contributed by atoms with Crippen molar-refractivity contribution in [2.45, 2.75) is 46.3 Å². The Morgan fingerprint density at radius 1 is 0.593 bits per heavy atom. The monoisotopic (exact) mass is 946 g/mol. The molecule has 0 amide bonds. The van der Waals surface area contributed by atoms with E-state index < -0.39 is 18.6 Å². The number of benzene rings is 7. The summed E-state index contributed by atoms with van der Waals surface area (Å²) in [6, 6.07) is 56.2. The minimum absolute atomic E-state index is 0. The van der Waals surface area contributed by atoms with Gasteiger partial charge in [0.05, 0.1) is 5.58 Å². The summed E-state index contributed by atoms with van der Waals surface area (Å²) in [5, 5.41) is 6.43. The molecule has 0 aliphatic rings. The number of fused-ring (bicyclic) bond motifs is 6. The summed E-state index contributed by atoms with van der Waals surface area (Å²) >= 11 is 0. The van der Waals surface area contributed by atoms with Crippen LogP contribution in [0.3, 0.4) is 0 Å². The second kappa shape index (κ2) is 17.0. The van der Waals surface area contributed by atoms with Gasteiger partial charge >= 0.3 is 0 Å². The first kappa shape index (κ1) is 33.7. The number of aromatic nitrogens is 2. The first-order valence-electron chi connectivity index (χ1n) is 22.0. The van der Waals surface area contributed by atoms with Crippen LogP contribution in [0.25, 0.3) is 88.3 Å². The van der Waals surface area contributed by atoms with E-state index in [4.69, 9.17) is 13.5 Å². The average Bonchev–Trinajstić information content (AvgIpc) is 3.68. The fourth-order valence-corrected chi connectivity index (χ4v) is 8.00. The molecule has 4 heteroatoms. The van der Waals surface area contributed by atoms with Gasteiger partial charge in [0.25, 0.3) is 0 Å². The predicted octanol–water partition coefficient (Wildman–Crippen LogP) is 15.2. The van der Waals surface area contributed by atoms with Gasteiger partial charge in [-0.15, -0.1) is 53.6 Å². The molecule has 3 heterocycles. The number of furan rings is 1. The smallest absolute Gasteiger partial charge is 0.128 e. The van der Waals surface area contributed by atoms with Gasteiger partial charge in [-0.25, -0.2) is 0 Å². The molecule has 0 fully saturated rings. The minimum atomic E-state index is -2.07. The van der Waals surface area contributed by atoms with Crippen LogP contribution in [0.1, 0.15) is 63.0 Å². The van der Waals surface area contributed by atoms with Crippen LogP contribution in [-0.2, 0) is 20.1 Å². The van der Waals surface area contributed by atoms with Crippen molar-refractivity contribution in [3.8, 4) is 44.8 Å². The molecule has 0 saturated carbocycles. The molecule has 0 aliphatic carbocycles. The van der Waals surface area contributed by atoms with Crippen molar-refractivity contribution < 1.29 is 31.4 Å². The zero-order valence-corrected chi connectivity index (χ0v) is 35.6. The van der Waals surface area contributed by atoms with Gasteiger partial charge in [0, 0.05) is 50.3 Å². The molecule has 0 bridgehead atoms. The van der Waals surface area contributed by atoms with Crippen LogP contribution in [0, 0.1) is 19.0 Å². The van der Waals surface area contributed by atoms with Crippen molar-refractivity contribution in [3.63, 3.8) is 0 Å². The normalized spacial score (nSPS) is 13.1. The van der Waals surface area contributed by atoms with Gasteiger partial charge < -0.3 is 14.4 Å².